The average Bonchev–Trinajstić information content (AvgIpc) is 3.15. The Kier molecular flexibility index (Phi) is 4.50. The van der Waals surface area contributed by atoms with E-state index in [0.29, 0.717) is 11.0 Å². The Labute approximate surface area is 127 Å². The van der Waals surface area contributed by atoms with Gasteiger partial charge < -0.3 is 13.7 Å². The first kappa shape index (κ1) is 14.1. The van der Waals surface area contributed by atoms with Gasteiger partial charge in [-0.25, -0.2) is 0 Å². The van der Waals surface area contributed by atoms with Crippen molar-refractivity contribution in [2.75, 3.05) is 18.8 Å². The molecule has 2 aromatic heterocycles. The van der Waals surface area contributed by atoms with Crippen molar-refractivity contribution >= 4 is 23.7 Å². The second kappa shape index (κ2) is 6.72. The molecule has 0 radical (unpaired) electrons. The van der Waals surface area contributed by atoms with Crippen LogP contribution < -0.4 is 0 Å². The van der Waals surface area contributed by atoms with Gasteiger partial charge in [0.05, 0.1) is 17.8 Å². The third kappa shape index (κ3) is 3.61. The molecule has 1 atom stereocenters. The number of nitrogens with zero attached hydrogens (tertiary/aromatic N) is 1. The first-order valence-corrected chi connectivity index (χ1v) is 8.03. The molecular formula is C16H17NO3S. The molecule has 0 spiro atoms. The second-order valence-electron chi connectivity index (χ2n) is 4.84. The molecule has 0 bridgehead atoms. The Balaban J connectivity index is 1.58. The van der Waals surface area contributed by atoms with Gasteiger partial charge in [-0.05, 0) is 36.8 Å². The van der Waals surface area contributed by atoms with E-state index in [4.69, 9.17) is 8.83 Å². The average molecular weight is 303 g/mol. The van der Waals surface area contributed by atoms with Crippen LogP contribution in [0.15, 0.2) is 51.7 Å². The van der Waals surface area contributed by atoms with E-state index in [1.54, 1.807) is 30.7 Å². The van der Waals surface area contributed by atoms with Gasteiger partial charge in [0.25, 0.3) is 0 Å². The number of furan rings is 2. The summed E-state index contributed by atoms with van der Waals surface area (Å²) in [6.07, 6.45) is 7.51. The SMILES string of the molecule is O=C(/C=C/c1ccco1)N1CCS[C@H](c2ccco2)CC1. The Hall–Kier alpha value is -1.88. The quantitative estimate of drug-likeness (QED) is 0.813. The topological polar surface area (TPSA) is 46.6 Å². The maximum Gasteiger partial charge on any atom is 0.246 e. The van der Waals surface area contributed by atoms with E-state index < -0.39 is 0 Å². The van der Waals surface area contributed by atoms with E-state index in [1.807, 2.05) is 34.9 Å². The zero-order chi connectivity index (χ0) is 14.5. The normalized spacial score (nSPS) is 19.8. The van der Waals surface area contributed by atoms with E-state index in [-0.39, 0.29) is 5.91 Å². The van der Waals surface area contributed by atoms with Gasteiger partial charge in [0.1, 0.15) is 11.5 Å². The maximum atomic E-state index is 12.2. The van der Waals surface area contributed by atoms with Crippen molar-refractivity contribution in [3.63, 3.8) is 0 Å². The maximum absolute atomic E-state index is 12.2. The molecule has 0 aromatic carbocycles. The molecule has 4 nitrogen and oxygen atoms in total. The number of thioether (sulfide) groups is 1. The van der Waals surface area contributed by atoms with Crippen LogP contribution in [0.1, 0.15) is 23.2 Å². The highest BCUT2D eigenvalue weighted by Gasteiger charge is 2.22. The van der Waals surface area contributed by atoms with Crippen molar-refractivity contribution in [1.82, 2.24) is 4.90 Å². The van der Waals surface area contributed by atoms with Crippen molar-refractivity contribution in [1.29, 1.82) is 0 Å². The van der Waals surface area contributed by atoms with Crippen LogP contribution in [0, 0.1) is 0 Å². The first-order valence-electron chi connectivity index (χ1n) is 6.98. The van der Waals surface area contributed by atoms with Gasteiger partial charge in [-0.2, -0.15) is 0 Å². The molecule has 5 heteroatoms. The van der Waals surface area contributed by atoms with Gasteiger partial charge in [-0.15, -0.1) is 11.8 Å². The largest absolute Gasteiger partial charge is 0.468 e. The molecule has 1 fully saturated rings. The second-order valence-corrected chi connectivity index (χ2v) is 6.15. The monoisotopic (exact) mass is 303 g/mol. The summed E-state index contributed by atoms with van der Waals surface area (Å²) in [4.78, 5) is 14.1. The highest BCUT2D eigenvalue weighted by atomic mass is 32.2. The lowest BCUT2D eigenvalue weighted by Gasteiger charge is -2.17. The standard InChI is InChI=1S/C16H17NO3S/c18-16(6-5-13-3-1-10-19-13)17-8-7-15(21-12-9-17)14-4-2-11-20-14/h1-6,10-11,15H,7-9,12H2/b6-5+/t15-/m0/s1. The zero-order valence-electron chi connectivity index (χ0n) is 11.6. The lowest BCUT2D eigenvalue weighted by Crippen LogP contribution is -2.31. The summed E-state index contributed by atoms with van der Waals surface area (Å²) in [7, 11) is 0. The number of rotatable bonds is 3. The number of hydrogen-bond donors (Lipinski definition) is 0. The van der Waals surface area contributed by atoms with Crippen molar-refractivity contribution in [3.05, 3.63) is 54.4 Å². The molecule has 21 heavy (non-hydrogen) atoms. The van der Waals surface area contributed by atoms with Crippen LogP contribution in [-0.2, 0) is 4.79 Å². The van der Waals surface area contributed by atoms with Gasteiger partial charge in [0.2, 0.25) is 5.91 Å². The Morgan fingerprint density at radius 2 is 2.10 bits per heavy atom. The van der Waals surface area contributed by atoms with Crippen LogP contribution in [0.5, 0.6) is 0 Å². The number of carbonyl (C=O) groups excluding carboxylic acids is 1. The molecular weight excluding hydrogens is 286 g/mol. The van der Waals surface area contributed by atoms with Crippen molar-refractivity contribution < 1.29 is 13.6 Å². The molecule has 1 aliphatic heterocycles. The molecule has 3 heterocycles. The fraction of sp³-hybridized carbons (Fsp3) is 0.312. The molecule has 3 rings (SSSR count). The minimum Gasteiger partial charge on any atom is -0.468 e. The predicted octanol–water partition coefficient (Wildman–Crippen LogP) is 3.59. The van der Waals surface area contributed by atoms with Crippen molar-refractivity contribution in [2.45, 2.75) is 11.7 Å². The fourth-order valence-corrected chi connectivity index (χ4v) is 3.52. The van der Waals surface area contributed by atoms with E-state index in [9.17, 15) is 4.79 Å². The Bertz CT molecular complexity index is 589. The number of amides is 1. The van der Waals surface area contributed by atoms with Crippen LogP contribution in [0.3, 0.4) is 0 Å². The summed E-state index contributed by atoms with van der Waals surface area (Å²) in [6, 6.07) is 7.55. The molecule has 2 aromatic rings. The molecule has 0 N–H and O–H groups in total. The van der Waals surface area contributed by atoms with Crippen molar-refractivity contribution in [2.24, 2.45) is 0 Å². The summed E-state index contributed by atoms with van der Waals surface area (Å²) in [6.45, 7) is 1.52. The van der Waals surface area contributed by atoms with Gasteiger partial charge in [0, 0.05) is 24.9 Å². The van der Waals surface area contributed by atoms with Gasteiger partial charge in [0.15, 0.2) is 0 Å². The lowest BCUT2D eigenvalue weighted by atomic mass is 10.2. The zero-order valence-corrected chi connectivity index (χ0v) is 12.4. The number of hydrogen-bond acceptors (Lipinski definition) is 4. The number of carbonyl (C=O) groups is 1. The van der Waals surface area contributed by atoms with Crippen LogP contribution >= 0.6 is 11.8 Å². The van der Waals surface area contributed by atoms with Crippen LogP contribution in [-0.4, -0.2) is 29.6 Å². The molecule has 1 saturated heterocycles. The van der Waals surface area contributed by atoms with Crippen LogP contribution in [0.4, 0.5) is 0 Å². The van der Waals surface area contributed by atoms with E-state index in [1.165, 1.54) is 0 Å². The predicted molar refractivity (Wildman–Crippen MR) is 82.8 cm³/mol. The van der Waals surface area contributed by atoms with E-state index >= 15 is 0 Å². The summed E-state index contributed by atoms with van der Waals surface area (Å²) < 4.78 is 10.7. The van der Waals surface area contributed by atoms with Gasteiger partial charge in [-0.3, -0.25) is 4.79 Å². The molecule has 1 aliphatic rings. The van der Waals surface area contributed by atoms with Crippen molar-refractivity contribution in [3.8, 4) is 0 Å². The minimum atomic E-state index is 0.0343. The van der Waals surface area contributed by atoms with E-state index in [0.717, 1.165) is 31.0 Å². The summed E-state index contributed by atoms with van der Waals surface area (Å²) in [5, 5.41) is 0.340. The third-order valence-electron chi connectivity index (χ3n) is 3.45. The molecule has 0 unspecified atom stereocenters. The van der Waals surface area contributed by atoms with E-state index in [2.05, 4.69) is 0 Å². The van der Waals surface area contributed by atoms with Gasteiger partial charge >= 0.3 is 0 Å². The van der Waals surface area contributed by atoms with Crippen LogP contribution in [0.2, 0.25) is 0 Å². The smallest absolute Gasteiger partial charge is 0.246 e. The minimum absolute atomic E-state index is 0.0343. The Morgan fingerprint density at radius 1 is 1.24 bits per heavy atom. The fourth-order valence-electron chi connectivity index (χ4n) is 2.34. The molecule has 0 saturated carbocycles. The first-order chi connectivity index (χ1) is 10.3. The Morgan fingerprint density at radius 3 is 2.86 bits per heavy atom. The summed E-state index contributed by atoms with van der Waals surface area (Å²) in [5.74, 6) is 2.65. The summed E-state index contributed by atoms with van der Waals surface area (Å²) >= 11 is 1.85. The summed E-state index contributed by atoms with van der Waals surface area (Å²) in [5.41, 5.74) is 0. The highest BCUT2D eigenvalue weighted by molar-refractivity contribution is 7.99. The molecule has 110 valence electrons. The molecule has 1 amide bonds. The molecule has 0 aliphatic carbocycles. The highest BCUT2D eigenvalue weighted by Crippen LogP contribution is 2.34. The van der Waals surface area contributed by atoms with Gasteiger partial charge in [-0.1, -0.05) is 0 Å². The lowest BCUT2D eigenvalue weighted by molar-refractivity contribution is -0.125. The third-order valence-corrected chi connectivity index (χ3v) is 4.74. The van der Waals surface area contributed by atoms with Crippen LogP contribution in [0.25, 0.3) is 6.08 Å².